The van der Waals surface area contributed by atoms with Crippen LogP contribution in [-0.4, -0.2) is 44.2 Å². The van der Waals surface area contributed by atoms with Gasteiger partial charge in [-0.1, -0.05) is 12.1 Å². The van der Waals surface area contributed by atoms with Gasteiger partial charge in [0.15, 0.2) is 5.75 Å². The Labute approximate surface area is 192 Å². The van der Waals surface area contributed by atoms with Crippen molar-refractivity contribution in [2.24, 2.45) is 0 Å². The van der Waals surface area contributed by atoms with Gasteiger partial charge in [-0.2, -0.15) is 0 Å². The van der Waals surface area contributed by atoms with Crippen molar-refractivity contribution in [3.8, 4) is 11.5 Å². The number of nitrogens with zero attached hydrogens (tertiary/aromatic N) is 2. The number of anilines is 1. The summed E-state index contributed by atoms with van der Waals surface area (Å²) in [5, 5.41) is 11.1. The minimum atomic E-state index is -0.565. The Morgan fingerprint density at radius 3 is 2.58 bits per heavy atom. The van der Waals surface area contributed by atoms with Gasteiger partial charge in [0.25, 0.3) is 5.91 Å². The Bertz CT molecular complexity index is 1030. The molecule has 9 heteroatoms. The number of hydrogen-bond donors (Lipinski definition) is 0. The normalized spacial score (nSPS) is 10.7. The molecule has 0 aliphatic heterocycles. The molecule has 2 aromatic carbocycles. The Morgan fingerprint density at radius 1 is 1.15 bits per heavy atom. The van der Waals surface area contributed by atoms with Crippen LogP contribution in [0.25, 0.3) is 0 Å². The number of esters is 1. The molecule has 1 amide bonds. The second-order valence-corrected chi connectivity index (χ2v) is 7.12. The van der Waals surface area contributed by atoms with E-state index in [1.54, 1.807) is 26.1 Å². The third-order valence-electron chi connectivity index (χ3n) is 4.72. The topological polar surface area (TPSA) is 108 Å². The lowest BCUT2D eigenvalue weighted by molar-refractivity contribution is -0.385. The molecule has 0 fully saturated rings. The number of methoxy groups -OCH3 is 1. The number of carbonyl (C=O) groups excluding carboxylic acids is 2. The molecule has 9 nitrogen and oxygen atoms in total. The van der Waals surface area contributed by atoms with E-state index < -0.39 is 4.92 Å². The van der Waals surface area contributed by atoms with Gasteiger partial charge in [0.1, 0.15) is 5.75 Å². The van der Waals surface area contributed by atoms with Gasteiger partial charge in [0, 0.05) is 30.8 Å². The third-order valence-corrected chi connectivity index (χ3v) is 4.72. The molecular weight excluding hydrogens is 428 g/mol. The first kappa shape index (κ1) is 25.4. The fourth-order valence-electron chi connectivity index (χ4n) is 3.03. The fraction of sp³-hybridized carbons (Fsp3) is 0.333. The van der Waals surface area contributed by atoms with Crippen LogP contribution in [0.5, 0.6) is 11.5 Å². The van der Waals surface area contributed by atoms with Crippen molar-refractivity contribution >= 4 is 23.3 Å². The average Bonchev–Trinajstić information content (AvgIpc) is 2.80. The number of amides is 1. The number of unbranched alkanes of at least 4 members (excludes halogenated alkanes) is 1. The number of allylic oxidation sites excluding steroid dienone is 1. The number of benzene rings is 2. The van der Waals surface area contributed by atoms with E-state index in [-0.39, 0.29) is 28.9 Å². The van der Waals surface area contributed by atoms with E-state index in [0.717, 1.165) is 5.56 Å². The first-order valence-corrected chi connectivity index (χ1v) is 10.5. The van der Waals surface area contributed by atoms with Crippen molar-refractivity contribution in [2.75, 3.05) is 32.3 Å². The molecule has 0 aromatic heterocycles. The number of ether oxygens (including phenoxy) is 3. The number of carbonyl (C=O) groups is 2. The van der Waals surface area contributed by atoms with Gasteiger partial charge >= 0.3 is 11.7 Å². The van der Waals surface area contributed by atoms with E-state index in [2.05, 4.69) is 0 Å². The van der Waals surface area contributed by atoms with Crippen molar-refractivity contribution in [3.05, 3.63) is 69.8 Å². The molecule has 0 saturated heterocycles. The highest BCUT2D eigenvalue weighted by Crippen LogP contribution is 2.32. The van der Waals surface area contributed by atoms with Gasteiger partial charge in [-0.25, -0.2) is 4.79 Å². The zero-order valence-electron chi connectivity index (χ0n) is 19.2. The Morgan fingerprint density at radius 2 is 1.91 bits per heavy atom. The molecule has 0 saturated carbocycles. The number of rotatable bonds is 11. The van der Waals surface area contributed by atoms with E-state index in [4.69, 9.17) is 14.2 Å². The molecule has 0 bridgehead atoms. The van der Waals surface area contributed by atoms with Crippen LogP contribution < -0.4 is 14.4 Å². The monoisotopic (exact) mass is 456 g/mol. The van der Waals surface area contributed by atoms with Crippen LogP contribution in [0, 0.1) is 17.0 Å². The molecule has 0 aliphatic rings. The lowest BCUT2D eigenvalue weighted by Crippen LogP contribution is -2.27. The number of nitro groups is 1. The van der Waals surface area contributed by atoms with Crippen LogP contribution in [0.3, 0.4) is 0 Å². The van der Waals surface area contributed by atoms with E-state index in [1.165, 1.54) is 36.3 Å². The molecule has 0 unspecified atom stereocenters. The molecule has 0 N–H and O–H groups in total. The Hall–Kier alpha value is -3.88. The average molecular weight is 456 g/mol. The smallest absolute Gasteiger partial charge is 0.330 e. The summed E-state index contributed by atoms with van der Waals surface area (Å²) in [6.45, 7) is 4.39. The van der Waals surface area contributed by atoms with E-state index in [9.17, 15) is 19.7 Å². The largest absolute Gasteiger partial charge is 0.491 e. The van der Waals surface area contributed by atoms with Gasteiger partial charge in [-0.3, -0.25) is 14.9 Å². The first-order valence-electron chi connectivity index (χ1n) is 10.5. The summed E-state index contributed by atoms with van der Waals surface area (Å²) in [6.07, 6.45) is 4.43. The van der Waals surface area contributed by atoms with Gasteiger partial charge in [-0.15, -0.1) is 0 Å². The van der Waals surface area contributed by atoms with E-state index in [0.29, 0.717) is 37.5 Å². The Balaban J connectivity index is 2.11. The maximum Gasteiger partial charge on any atom is 0.330 e. The fourth-order valence-corrected chi connectivity index (χ4v) is 3.03. The zero-order chi connectivity index (χ0) is 24.4. The minimum Gasteiger partial charge on any atom is -0.491 e. The van der Waals surface area contributed by atoms with Crippen molar-refractivity contribution in [3.63, 3.8) is 0 Å². The SMILES string of the molecule is CCOC(=O)/C=C/CCCOc1cc(C)ccc1N(C)C(=O)c1ccc([N+](=O)[O-])c(OC)c1. The lowest BCUT2D eigenvalue weighted by Gasteiger charge is -2.21. The lowest BCUT2D eigenvalue weighted by atomic mass is 10.1. The molecule has 176 valence electrons. The molecule has 0 aliphatic carbocycles. The second-order valence-electron chi connectivity index (χ2n) is 7.12. The minimum absolute atomic E-state index is 0.00972. The van der Waals surface area contributed by atoms with Gasteiger partial charge in [0.05, 0.1) is 30.9 Å². The predicted octanol–water partition coefficient (Wildman–Crippen LogP) is 4.47. The highest BCUT2D eigenvalue weighted by atomic mass is 16.6. The quantitative estimate of drug-likeness (QED) is 0.161. The number of nitro benzene ring substituents is 1. The van der Waals surface area contributed by atoms with Gasteiger partial charge < -0.3 is 19.1 Å². The van der Waals surface area contributed by atoms with Crippen LogP contribution in [-0.2, 0) is 9.53 Å². The summed E-state index contributed by atoms with van der Waals surface area (Å²) < 4.78 is 15.8. The second kappa shape index (κ2) is 12.2. The molecule has 0 atom stereocenters. The van der Waals surface area contributed by atoms with Crippen LogP contribution in [0.1, 0.15) is 35.7 Å². The summed E-state index contributed by atoms with van der Waals surface area (Å²) in [5.41, 5.74) is 1.56. The molecular formula is C24H28N2O7. The standard InChI is InChI=1S/C24H28N2O7/c1-5-32-23(27)9-7-6-8-14-33-22-15-17(2)10-12-19(22)25(3)24(28)18-11-13-20(26(29)30)21(16-18)31-4/h7,9-13,15-16H,5-6,8,14H2,1-4H3/b9-7+. The molecule has 33 heavy (non-hydrogen) atoms. The van der Waals surface area contributed by atoms with Gasteiger partial charge in [-0.05, 0) is 50.5 Å². The maximum absolute atomic E-state index is 13.1. The van der Waals surface area contributed by atoms with Crippen molar-refractivity contribution in [1.29, 1.82) is 0 Å². The first-order chi connectivity index (χ1) is 15.8. The van der Waals surface area contributed by atoms with Crippen LogP contribution >= 0.6 is 0 Å². The summed E-state index contributed by atoms with van der Waals surface area (Å²) in [6, 6.07) is 9.47. The summed E-state index contributed by atoms with van der Waals surface area (Å²) in [7, 11) is 2.92. The van der Waals surface area contributed by atoms with Crippen molar-refractivity contribution in [2.45, 2.75) is 26.7 Å². The Kier molecular flexibility index (Phi) is 9.41. The maximum atomic E-state index is 13.1. The third kappa shape index (κ3) is 7.06. The zero-order valence-corrected chi connectivity index (χ0v) is 19.2. The number of aryl methyl sites for hydroxylation is 1. The van der Waals surface area contributed by atoms with Crippen LogP contribution in [0.15, 0.2) is 48.6 Å². The summed E-state index contributed by atoms with van der Waals surface area (Å²) in [4.78, 5) is 36.3. The van der Waals surface area contributed by atoms with Gasteiger partial charge in [0.2, 0.25) is 0 Å². The number of hydrogen-bond acceptors (Lipinski definition) is 7. The van der Waals surface area contributed by atoms with Crippen molar-refractivity contribution in [1.82, 2.24) is 0 Å². The summed E-state index contributed by atoms with van der Waals surface area (Å²) in [5.74, 6) is -0.193. The van der Waals surface area contributed by atoms with Crippen LogP contribution in [0.4, 0.5) is 11.4 Å². The predicted molar refractivity (Wildman–Crippen MR) is 124 cm³/mol. The molecule has 2 aromatic rings. The molecule has 0 spiro atoms. The summed E-state index contributed by atoms with van der Waals surface area (Å²) >= 11 is 0. The molecule has 2 rings (SSSR count). The van der Waals surface area contributed by atoms with E-state index >= 15 is 0 Å². The highest BCUT2D eigenvalue weighted by Gasteiger charge is 2.22. The van der Waals surface area contributed by atoms with Crippen molar-refractivity contribution < 1.29 is 28.7 Å². The van der Waals surface area contributed by atoms with Crippen LogP contribution in [0.2, 0.25) is 0 Å². The molecule has 0 heterocycles. The highest BCUT2D eigenvalue weighted by molar-refractivity contribution is 6.07. The molecule has 0 radical (unpaired) electrons. The van der Waals surface area contributed by atoms with E-state index in [1.807, 2.05) is 19.1 Å².